The van der Waals surface area contributed by atoms with Crippen LogP contribution >= 0.6 is 23.2 Å². The first-order chi connectivity index (χ1) is 13.5. The third kappa shape index (κ3) is 3.68. The lowest BCUT2D eigenvalue weighted by Gasteiger charge is -2.12. The molecule has 1 aromatic heterocycles. The van der Waals surface area contributed by atoms with E-state index in [2.05, 4.69) is 10.3 Å². The fourth-order valence-corrected chi connectivity index (χ4v) is 3.76. The number of esters is 1. The number of rotatable bonds is 4. The van der Waals surface area contributed by atoms with E-state index in [1.807, 2.05) is 24.3 Å². The largest absolute Gasteiger partial charge is 0.452 e. The molecule has 1 aliphatic carbocycles. The van der Waals surface area contributed by atoms with E-state index in [4.69, 9.17) is 27.9 Å². The normalized spacial score (nSPS) is 12.6. The highest BCUT2D eigenvalue weighted by molar-refractivity contribution is 6.35. The van der Waals surface area contributed by atoms with Crippen LogP contribution < -0.4 is 5.32 Å². The number of pyridine rings is 1. The average molecular weight is 415 g/mol. The Kier molecular flexibility index (Phi) is 5.20. The molecule has 3 aromatic rings. The molecule has 1 heterocycles. The van der Waals surface area contributed by atoms with Crippen molar-refractivity contribution in [3.8, 4) is 0 Å². The molecule has 0 radical (unpaired) electrons. The van der Waals surface area contributed by atoms with Crippen molar-refractivity contribution in [1.82, 2.24) is 4.98 Å². The minimum Gasteiger partial charge on any atom is -0.452 e. The molecule has 0 aliphatic heterocycles. The second-order valence-electron chi connectivity index (χ2n) is 6.53. The second kappa shape index (κ2) is 7.78. The number of nitrogens with zero attached hydrogens (tertiary/aromatic N) is 1. The number of hydrogen-bond acceptors (Lipinski definition) is 4. The quantitative estimate of drug-likeness (QED) is 0.620. The molecule has 1 amide bonds. The number of para-hydroxylation sites is 1. The summed E-state index contributed by atoms with van der Waals surface area (Å²) in [6.45, 7) is -0.424. The van der Waals surface area contributed by atoms with Crippen LogP contribution in [0.2, 0.25) is 10.0 Å². The van der Waals surface area contributed by atoms with Gasteiger partial charge in [0.2, 0.25) is 0 Å². The fraction of sp³-hybridized carbons (Fsp3) is 0.190. The molecule has 0 fully saturated rings. The van der Waals surface area contributed by atoms with Crippen molar-refractivity contribution < 1.29 is 14.3 Å². The van der Waals surface area contributed by atoms with Crippen molar-refractivity contribution in [3.63, 3.8) is 0 Å². The fourth-order valence-electron chi connectivity index (χ4n) is 3.43. The Hall–Kier alpha value is -2.63. The highest BCUT2D eigenvalue weighted by Gasteiger charge is 2.25. The van der Waals surface area contributed by atoms with E-state index in [9.17, 15) is 9.59 Å². The summed E-state index contributed by atoms with van der Waals surface area (Å²) in [5, 5.41) is 4.13. The van der Waals surface area contributed by atoms with Gasteiger partial charge in [-0.25, -0.2) is 4.79 Å². The predicted molar refractivity (Wildman–Crippen MR) is 109 cm³/mol. The van der Waals surface area contributed by atoms with Gasteiger partial charge in [0.05, 0.1) is 21.8 Å². The first-order valence-corrected chi connectivity index (χ1v) is 9.61. The number of fused-ring (bicyclic) bond motifs is 2. The Balaban J connectivity index is 1.53. The number of aromatic nitrogens is 1. The lowest BCUT2D eigenvalue weighted by Crippen LogP contribution is -2.22. The Morgan fingerprint density at radius 3 is 2.79 bits per heavy atom. The van der Waals surface area contributed by atoms with E-state index in [-0.39, 0.29) is 0 Å². The summed E-state index contributed by atoms with van der Waals surface area (Å²) in [7, 11) is 0. The monoisotopic (exact) mass is 414 g/mol. The van der Waals surface area contributed by atoms with Gasteiger partial charge in [0.25, 0.3) is 5.91 Å². The van der Waals surface area contributed by atoms with Gasteiger partial charge in [0.15, 0.2) is 6.61 Å². The van der Waals surface area contributed by atoms with Gasteiger partial charge in [-0.15, -0.1) is 0 Å². The maximum atomic E-state index is 12.8. The molecule has 7 heteroatoms. The average Bonchev–Trinajstić information content (AvgIpc) is 3.15. The SMILES string of the molecule is O=C(COC(=O)c1c2c(nc3ccccc13)CCC2)Nc1cc(Cl)ccc1Cl. The third-order valence-electron chi connectivity index (χ3n) is 4.66. The van der Waals surface area contributed by atoms with Gasteiger partial charge in [0, 0.05) is 16.1 Å². The summed E-state index contributed by atoms with van der Waals surface area (Å²) in [5.41, 5.74) is 3.48. The maximum Gasteiger partial charge on any atom is 0.339 e. The van der Waals surface area contributed by atoms with Crippen molar-refractivity contribution in [3.05, 3.63) is 69.3 Å². The number of anilines is 1. The predicted octanol–water partition coefficient (Wildman–Crippen LogP) is 4.83. The Bertz CT molecular complexity index is 1100. The molecule has 1 N–H and O–H groups in total. The van der Waals surface area contributed by atoms with Gasteiger partial charge in [-0.2, -0.15) is 0 Å². The summed E-state index contributed by atoms with van der Waals surface area (Å²) in [6, 6.07) is 12.2. The first-order valence-electron chi connectivity index (χ1n) is 8.85. The molecule has 0 saturated carbocycles. The summed E-state index contributed by atoms with van der Waals surface area (Å²) < 4.78 is 5.31. The molecule has 2 aromatic carbocycles. The van der Waals surface area contributed by atoms with E-state index in [1.54, 1.807) is 12.1 Å². The van der Waals surface area contributed by atoms with Crippen molar-refractivity contribution in [1.29, 1.82) is 0 Å². The van der Waals surface area contributed by atoms with E-state index in [0.29, 0.717) is 21.3 Å². The third-order valence-corrected chi connectivity index (χ3v) is 5.22. The van der Waals surface area contributed by atoms with Gasteiger partial charge >= 0.3 is 5.97 Å². The molecule has 5 nitrogen and oxygen atoms in total. The molecule has 4 rings (SSSR count). The molecular formula is C21H16Cl2N2O3. The zero-order chi connectivity index (χ0) is 19.7. The van der Waals surface area contributed by atoms with Crippen LogP contribution in [0.4, 0.5) is 5.69 Å². The first kappa shape index (κ1) is 18.7. The summed E-state index contributed by atoms with van der Waals surface area (Å²) in [5.74, 6) is -1.02. The number of aryl methyl sites for hydroxylation is 1. The lowest BCUT2D eigenvalue weighted by atomic mass is 10.0. The van der Waals surface area contributed by atoms with Gasteiger partial charge in [-0.05, 0) is 49.1 Å². The summed E-state index contributed by atoms with van der Waals surface area (Å²) in [4.78, 5) is 29.7. The van der Waals surface area contributed by atoms with Gasteiger partial charge in [-0.3, -0.25) is 9.78 Å². The zero-order valence-electron chi connectivity index (χ0n) is 14.8. The van der Waals surface area contributed by atoms with E-state index in [1.165, 1.54) is 6.07 Å². The smallest absolute Gasteiger partial charge is 0.339 e. The van der Waals surface area contributed by atoms with Crippen LogP contribution in [0.15, 0.2) is 42.5 Å². The highest BCUT2D eigenvalue weighted by atomic mass is 35.5. The van der Waals surface area contributed by atoms with E-state index >= 15 is 0 Å². The second-order valence-corrected chi connectivity index (χ2v) is 7.37. The minimum absolute atomic E-state index is 0.349. The highest BCUT2D eigenvalue weighted by Crippen LogP contribution is 2.30. The van der Waals surface area contributed by atoms with Crippen molar-refractivity contribution in [2.45, 2.75) is 19.3 Å². The number of ether oxygens (including phenoxy) is 1. The van der Waals surface area contributed by atoms with E-state index in [0.717, 1.165) is 41.4 Å². The number of carbonyl (C=O) groups is 2. The van der Waals surface area contributed by atoms with E-state index < -0.39 is 18.5 Å². The Morgan fingerprint density at radius 1 is 1.11 bits per heavy atom. The van der Waals surface area contributed by atoms with Crippen LogP contribution in [0.5, 0.6) is 0 Å². The minimum atomic E-state index is -0.524. The van der Waals surface area contributed by atoms with Crippen LogP contribution in [0.3, 0.4) is 0 Å². The number of nitrogens with one attached hydrogen (secondary N) is 1. The standard InChI is InChI=1S/C21H16Cl2N2O3/c22-12-8-9-15(23)18(10-12)25-19(26)11-28-21(27)20-13-4-1-2-6-16(13)24-17-7-3-5-14(17)20/h1-2,4,6,8-10H,3,5,7,11H2,(H,25,26). The van der Waals surface area contributed by atoms with Crippen LogP contribution in [0, 0.1) is 0 Å². The van der Waals surface area contributed by atoms with Crippen molar-refractivity contribution in [2.24, 2.45) is 0 Å². The van der Waals surface area contributed by atoms with Gasteiger partial charge < -0.3 is 10.1 Å². The van der Waals surface area contributed by atoms with Crippen LogP contribution in [0.1, 0.15) is 28.0 Å². The number of amides is 1. The lowest BCUT2D eigenvalue weighted by molar-refractivity contribution is -0.119. The summed E-state index contributed by atoms with van der Waals surface area (Å²) >= 11 is 12.0. The number of benzene rings is 2. The molecular weight excluding hydrogens is 399 g/mol. The molecule has 0 unspecified atom stereocenters. The Morgan fingerprint density at radius 2 is 1.93 bits per heavy atom. The van der Waals surface area contributed by atoms with Crippen LogP contribution in [-0.4, -0.2) is 23.5 Å². The molecule has 28 heavy (non-hydrogen) atoms. The van der Waals surface area contributed by atoms with Gasteiger partial charge in [0.1, 0.15) is 0 Å². The summed E-state index contributed by atoms with van der Waals surface area (Å²) in [6.07, 6.45) is 2.57. The molecule has 0 saturated heterocycles. The Labute approximate surface area is 171 Å². The van der Waals surface area contributed by atoms with Crippen molar-refractivity contribution >= 4 is 51.7 Å². The molecule has 0 bridgehead atoms. The number of halogens is 2. The number of carbonyl (C=O) groups excluding carboxylic acids is 2. The molecule has 142 valence electrons. The molecule has 1 aliphatic rings. The van der Waals surface area contributed by atoms with Crippen LogP contribution in [-0.2, 0) is 22.4 Å². The number of hydrogen-bond donors (Lipinski definition) is 1. The van der Waals surface area contributed by atoms with Crippen LogP contribution in [0.25, 0.3) is 10.9 Å². The van der Waals surface area contributed by atoms with Crippen molar-refractivity contribution in [2.75, 3.05) is 11.9 Å². The van der Waals surface area contributed by atoms with Gasteiger partial charge in [-0.1, -0.05) is 41.4 Å². The molecule has 0 atom stereocenters. The topological polar surface area (TPSA) is 68.3 Å². The molecule has 0 spiro atoms. The zero-order valence-corrected chi connectivity index (χ0v) is 16.3. The maximum absolute atomic E-state index is 12.8.